The topological polar surface area (TPSA) is 156 Å². The minimum absolute atomic E-state index is 0.345. The van der Waals surface area contributed by atoms with E-state index < -0.39 is 43.3 Å². The Morgan fingerprint density at radius 3 is 1.43 bits per heavy atom. The maximum absolute atomic E-state index is 10.5. The van der Waals surface area contributed by atoms with Crippen LogP contribution in [0.25, 0.3) is 0 Å². The van der Waals surface area contributed by atoms with Crippen molar-refractivity contribution < 1.29 is 40.2 Å². The lowest BCUT2D eigenvalue weighted by atomic mass is 10.0. The van der Waals surface area contributed by atoms with E-state index in [0.29, 0.717) is 6.42 Å². The molecule has 0 radical (unpaired) electrons. The summed E-state index contributed by atoms with van der Waals surface area (Å²) in [5, 5.41) is 51.5. The highest BCUT2D eigenvalue weighted by Gasteiger charge is 2.28. The van der Waals surface area contributed by atoms with Crippen LogP contribution in [0.5, 0.6) is 0 Å². The first kappa shape index (κ1) is 31.1. The lowest BCUT2D eigenvalue weighted by Crippen LogP contribution is -2.44. The molecule has 6 N–H and O–H groups in total. The number of aliphatic hydroxyl groups is 5. The fraction of sp³-hybridized carbons (Fsp3) is 0.909. The highest BCUT2D eigenvalue weighted by molar-refractivity contribution is 5.84. The van der Waals surface area contributed by atoms with Crippen LogP contribution in [0, 0.1) is 0 Å². The van der Waals surface area contributed by atoms with Crippen molar-refractivity contribution in [1.82, 2.24) is 0 Å². The monoisotopic (exact) mass is 436 g/mol. The van der Waals surface area contributed by atoms with Crippen molar-refractivity contribution in [3.05, 3.63) is 0 Å². The highest BCUT2D eigenvalue weighted by Crippen LogP contribution is 2.12. The molecular formula is C22H44O8. The van der Waals surface area contributed by atoms with Crippen molar-refractivity contribution in [1.29, 1.82) is 0 Å². The lowest BCUT2D eigenvalue weighted by molar-refractivity contribution is -0.142. The number of carboxylic acids is 1. The number of aliphatic hydroxyl groups excluding tert-OH is 5. The molecule has 0 aromatic heterocycles. The summed E-state index contributed by atoms with van der Waals surface area (Å²) in [6.45, 7) is 0.573. The summed E-state index contributed by atoms with van der Waals surface area (Å²) in [5.41, 5.74) is 0. The van der Waals surface area contributed by atoms with Crippen LogP contribution in [-0.4, -0.2) is 73.9 Å². The van der Waals surface area contributed by atoms with Crippen LogP contribution in [0.1, 0.15) is 96.8 Å². The Balaban J connectivity index is 0. The minimum Gasteiger partial charge on any atom is -0.481 e. The summed E-state index contributed by atoms with van der Waals surface area (Å²) in [6, 6.07) is 0. The predicted molar refractivity (Wildman–Crippen MR) is 115 cm³/mol. The number of carbonyl (C=O) groups excluding carboxylic acids is 1. The van der Waals surface area contributed by atoms with Crippen LogP contribution in [0.4, 0.5) is 0 Å². The van der Waals surface area contributed by atoms with E-state index in [0.717, 1.165) is 12.8 Å². The van der Waals surface area contributed by atoms with Crippen LogP contribution in [0.3, 0.4) is 0 Å². The first-order valence-electron chi connectivity index (χ1n) is 11.3. The smallest absolute Gasteiger partial charge is 0.303 e. The molecule has 180 valence electrons. The normalized spacial score (nSPS) is 13.8. The first-order valence-corrected chi connectivity index (χ1v) is 11.3. The summed E-state index contributed by atoms with van der Waals surface area (Å²) >= 11 is 0. The molecule has 0 aromatic rings. The third kappa shape index (κ3) is 20.2. The molecule has 0 aliphatic rings. The Labute approximate surface area is 180 Å². The highest BCUT2D eigenvalue weighted by atomic mass is 16.4. The number of ketones is 1. The van der Waals surface area contributed by atoms with Gasteiger partial charge >= 0.3 is 5.97 Å². The van der Waals surface area contributed by atoms with Crippen LogP contribution in [0.15, 0.2) is 0 Å². The molecule has 0 rings (SSSR count). The number of unbranched alkanes of at least 4 members (excludes halogenated alkanes) is 12. The zero-order valence-electron chi connectivity index (χ0n) is 18.5. The number of Topliss-reactive ketones (excluding diaryl/α,β-unsaturated/α-hetero) is 1. The molecule has 0 unspecified atom stereocenters. The number of hydrogen-bond acceptors (Lipinski definition) is 7. The predicted octanol–water partition coefficient (Wildman–Crippen LogP) is 2.18. The number of aliphatic carboxylic acids is 1. The summed E-state index contributed by atoms with van der Waals surface area (Å²) in [6.07, 6.45) is 12.0. The van der Waals surface area contributed by atoms with E-state index in [9.17, 15) is 9.59 Å². The number of carbonyl (C=O) groups is 2. The van der Waals surface area contributed by atoms with Crippen molar-refractivity contribution >= 4 is 11.8 Å². The largest absolute Gasteiger partial charge is 0.481 e. The molecule has 0 aliphatic carbocycles. The molecular weight excluding hydrogens is 392 g/mol. The molecule has 0 amide bonds. The van der Waals surface area contributed by atoms with E-state index in [2.05, 4.69) is 6.92 Å². The molecule has 0 bridgehead atoms. The number of hydrogen-bond donors (Lipinski definition) is 6. The van der Waals surface area contributed by atoms with Crippen molar-refractivity contribution in [3.8, 4) is 0 Å². The van der Waals surface area contributed by atoms with Crippen molar-refractivity contribution in [3.63, 3.8) is 0 Å². The van der Waals surface area contributed by atoms with Gasteiger partial charge in [0.15, 0.2) is 5.78 Å². The van der Waals surface area contributed by atoms with Gasteiger partial charge in [-0.2, -0.15) is 0 Å². The third-order valence-electron chi connectivity index (χ3n) is 4.88. The molecule has 0 saturated carbocycles. The van der Waals surface area contributed by atoms with Gasteiger partial charge in [-0.3, -0.25) is 9.59 Å². The molecule has 0 spiro atoms. The Kier molecular flexibility index (Phi) is 23.5. The minimum atomic E-state index is -1.86. The van der Waals surface area contributed by atoms with Gasteiger partial charge < -0.3 is 30.6 Å². The maximum atomic E-state index is 10.5. The van der Waals surface area contributed by atoms with Crippen molar-refractivity contribution in [2.75, 3.05) is 13.2 Å². The van der Waals surface area contributed by atoms with Gasteiger partial charge in [-0.25, -0.2) is 0 Å². The molecule has 0 aromatic carbocycles. The maximum Gasteiger partial charge on any atom is 0.303 e. The van der Waals surface area contributed by atoms with Gasteiger partial charge in [0, 0.05) is 6.42 Å². The molecule has 0 aliphatic heterocycles. The first-order chi connectivity index (χ1) is 14.3. The Hall–Kier alpha value is -1.06. The van der Waals surface area contributed by atoms with E-state index >= 15 is 0 Å². The number of carboxylic acid groups (broad SMARTS) is 1. The van der Waals surface area contributed by atoms with Crippen molar-refractivity contribution in [2.24, 2.45) is 0 Å². The average molecular weight is 437 g/mol. The summed E-state index contributed by atoms with van der Waals surface area (Å²) in [4.78, 5) is 20.8. The second-order valence-corrected chi connectivity index (χ2v) is 7.70. The molecule has 0 saturated heterocycles. The summed E-state index contributed by atoms with van der Waals surface area (Å²) < 4.78 is 0. The summed E-state index contributed by atoms with van der Waals surface area (Å²) in [7, 11) is 0. The molecule has 30 heavy (non-hydrogen) atoms. The summed E-state index contributed by atoms with van der Waals surface area (Å²) in [5.74, 6) is -1.66. The second kappa shape index (κ2) is 22.6. The third-order valence-corrected chi connectivity index (χ3v) is 4.88. The van der Waals surface area contributed by atoms with Crippen molar-refractivity contribution in [2.45, 2.75) is 115 Å². The standard InChI is InChI=1S/C16H32O2.C6H12O6/c1-2-3-4-5-6-7-8-9-10-11-12-13-14-15-16(17)18;7-1-3(9)5(11)6(12)4(10)2-8/h2-15H2,1H3,(H,17,18);3,5-9,11-12H,1-2H2/t;3-,5+,6+/m.1/s1. The van der Waals surface area contributed by atoms with E-state index in [1.165, 1.54) is 70.6 Å². The van der Waals surface area contributed by atoms with E-state index in [1.54, 1.807) is 0 Å². The van der Waals surface area contributed by atoms with Gasteiger partial charge in [-0.15, -0.1) is 0 Å². The molecule has 0 fully saturated rings. The van der Waals surface area contributed by atoms with Crippen LogP contribution >= 0.6 is 0 Å². The van der Waals surface area contributed by atoms with Crippen LogP contribution < -0.4 is 0 Å². The SMILES string of the molecule is CCCCCCCCCCCCCCCC(=O)O.O=C(CO)[C@H](O)[C@@H](O)[C@H](O)CO. The quantitative estimate of drug-likeness (QED) is 0.168. The lowest BCUT2D eigenvalue weighted by Gasteiger charge is -2.19. The Bertz CT molecular complexity index is 403. The van der Waals surface area contributed by atoms with Gasteiger partial charge in [0.2, 0.25) is 0 Å². The Morgan fingerprint density at radius 1 is 0.700 bits per heavy atom. The molecule has 8 heteroatoms. The fourth-order valence-corrected chi connectivity index (χ4v) is 2.90. The van der Waals surface area contributed by atoms with E-state index in [1.807, 2.05) is 0 Å². The van der Waals surface area contributed by atoms with Gasteiger partial charge in [0.1, 0.15) is 24.9 Å². The zero-order chi connectivity index (χ0) is 23.2. The molecule has 8 nitrogen and oxygen atoms in total. The zero-order valence-corrected chi connectivity index (χ0v) is 18.5. The second-order valence-electron chi connectivity index (χ2n) is 7.70. The van der Waals surface area contributed by atoms with Gasteiger partial charge in [-0.05, 0) is 6.42 Å². The molecule has 0 heterocycles. The fourth-order valence-electron chi connectivity index (χ4n) is 2.90. The van der Waals surface area contributed by atoms with Gasteiger partial charge in [0.05, 0.1) is 6.61 Å². The van der Waals surface area contributed by atoms with Gasteiger partial charge in [-0.1, -0.05) is 84.0 Å². The Morgan fingerprint density at radius 2 is 1.10 bits per heavy atom. The van der Waals surface area contributed by atoms with Gasteiger partial charge in [0.25, 0.3) is 0 Å². The number of rotatable bonds is 19. The van der Waals surface area contributed by atoms with E-state index in [4.69, 9.17) is 30.6 Å². The van der Waals surface area contributed by atoms with E-state index in [-0.39, 0.29) is 0 Å². The molecule has 3 atom stereocenters. The van der Waals surface area contributed by atoms with Crippen LogP contribution in [-0.2, 0) is 9.59 Å². The van der Waals surface area contributed by atoms with Crippen LogP contribution in [0.2, 0.25) is 0 Å². The average Bonchev–Trinajstić information content (AvgIpc) is 2.74.